The summed E-state index contributed by atoms with van der Waals surface area (Å²) < 4.78 is 26.3. The lowest BCUT2D eigenvalue weighted by Gasteiger charge is -2.22. The molecule has 0 unspecified atom stereocenters. The van der Waals surface area contributed by atoms with E-state index >= 15 is 0 Å². The Hall–Kier alpha value is -0.910. The van der Waals surface area contributed by atoms with Gasteiger partial charge in [-0.2, -0.15) is 4.31 Å². The summed E-state index contributed by atoms with van der Waals surface area (Å²) in [6, 6.07) is 5.53. The molecule has 4 nitrogen and oxygen atoms in total. The topological polar surface area (TPSA) is 54.5 Å². The number of benzene rings is 1. The number of ketones is 1. The van der Waals surface area contributed by atoms with Gasteiger partial charge >= 0.3 is 0 Å². The van der Waals surface area contributed by atoms with Crippen LogP contribution < -0.4 is 0 Å². The molecule has 1 aromatic rings. The van der Waals surface area contributed by atoms with Crippen molar-refractivity contribution < 1.29 is 13.2 Å². The van der Waals surface area contributed by atoms with Crippen LogP contribution in [0.4, 0.5) is 0 Å². The molecule has 0 aliphatic carbocycles. The minimum absolute atomic E-state index is 0.0185. The highest BCUT2D eigenvalue weighted by Crippen LogP contribution is 2.27. The third-order valence-electron chi connectivity index (χ3n) is 3.34. The molecule has 104 valence electrons. The van der Waals surface area contributed by atoms with Crippen LogP contribution in [-0.4, -0.2) is 31.1 Å². The standard InChI is InChI=1S/C13H16ClNO3S/c1-2-13(16)12-4-3-9-15(12)19(17,18)11-7-5-10(14)6-8-11/h5-8,12H,2-4,9H2,1H3/t12-/m0/s1. The number of carbonyl (C=O) groups excluding carboxylic acids is 1. The molecule has 1 saturated heterocycles. The normalized spacial score (nSPS) is 20.6. The molecule has 0 N–H and O–H groups in total. The van der Waals surface area contributed by atoms with Crippen LogP contribution in [0.25, 0.3) is 0 Å². The van der Waals surface area contributed by atoms with Crippen LogP contribution in [0.3, 0.4) is 0 Å². The predicted octanol–water partition coefficient (Wildman–Crippen LogP) is 2.47. The van der Waals surface area contributed by atoms with Gasteiger partial charge < -0.3 is 0 Å². The molecule has 1 heterocycles. The van der Waals surface area contributed by atoms with E-state index in [9.17, 15) is 13.2 Å². The molecular weight excluding hydrogens is 286 g/mol. The third-order valence-corrected chi connectivity index (χ3v) is 5.52. The van der Waals surface area contributed by atoms with Crippen LogP contribution in [0.1, 0.15) is 26.2 Å². The predicted molar refractivity (Wildman–Crippen MR) is 73.7 cm³/mol. The first-order valence-corrected chi connectivity index (χ1v) is 8.08. The molecule has 0 spiro atoms. The van der Waals surface area contributed by atoms with Gasteiger partial charge in [-0.1, -0.05) is 18.5 Å². The minimum atomic E-state index is -3.61. The molecule has 1 aliphatic rings. The van der Waals surface area contributed by atoms with E-state index in [-0.39, 0.29) is 10.7 Å². The van der Waals surface area contributed by atoms with Crippen molar-refractivity contribution in [1.82, 2.24) is 4.31 Å². The lowest BCUT2D eigenvalue weighted by atomic mass is 10.1. The quantitative estimate of drug-likeness (QED) is 0.858. The maximum absolute atomic E-state index is 12.5. The molecule has 0 bridgehead atoms. The molecule has 19 heavy (non-hydrogen) atoms. The zero-order valence-electron chi connectivity index (χ0n) is 10.7. The number of sulfonamides is 1. The van der Waals surface area contributed by atoms with Crippen LogP contribution in [0, 0.1) is 0 Å². The Kier molecular flexibility index (Phi) is 4.28. The van der Waals surface area contributed by atoms with Crippen molar-refractivity contribution in [3.8, 4) is 0 Å². The maximum Gasteiger partial charge on any atom is 0.243 e. The highest BCUT2D eigenvalue weighted by atomic mass is 35.5. The number of hydrogen-bond donors (Lipinski definition) is 0. The Bertz CT molecular complexity index is 568. The molecule has 1 aliphatic heterocycles. The summed E-state index contributed by atoms with van der Waals surface area (Å²) in [6.45, 7) is 2.16. The third kappa shape index (κ3) is 2.83. The van der Waals surface area contributed by atoms with Crippen molar-refractivity contribution in [2.45, 2.75) is 37.1 Å². The fourth-order valence-corrected chi connectivity index (χ4v) is 4.13. The molecule has 6 heteroatoms. The number of halogens is 1. The van der Waals surface area contributed by atoms with Crippen LogP contribution >= 0.6 is 11.6 Å². The van der Waals surface area contributed by atoms with E-state index in [1.807, 2.05) is 0 Å². The van der Waals surface area contributed by atoms with Crippen LogP contribution in [0.5, 0.6) is 0 Å². The van der Waals surface area contributed by atoms with Crippen molar-refractivity contribution in [2.24, 2.45) is 0 Å². The lowest BCUT2D eigenvalue weighted by Crippen LogP contribution is -2.40. The molecule has 1 aromatic carbocycles. The first-order valence-electron chi connectivity index (χ1n) is 6.27. The lowest BCUT2D eigenvalue weighted by molar-refractivity contribution is -0.121. The summed E-state index contributed by atoms with van der Waals surface area (Å²) in [5, 5.41) is 0.488. The molecule has 1 atom stereocenters. The van der Waals surface area contributed by atoms with Crippen molar-refractivity contribution in [3.63, 3.8) is 0 Å². The Morgan fingerprint density at radius 3 is 2.58 bits per heavy atom. The second-order valence-corrected chi connectivity index (χ2v) is 6.87. The maximum atomic E-state index is 12.5. The van der Waals surface area contributed by atoms with E-state index in [4.69, 9.17) is 11.6 Å². The van der Waals surface area contributed by atoms with E-state index in [1.54, 1.807) is 19.1 Å². The zero-order chi connectivity index (χ0) is 14.0. The average molecular weight is 302 g/mol. The van der Waals surface area contributed by atoms with Gasteiger partial charge in [-0.3, -0.25) is 4.79 Å². The Balaban J connectivity index is 2.33. The fourth-order valence-electron chi connectivity index (χ4n) is 2.33. The summed E-state index contributed by atoms with van der Waals surface area (Å²) in [4.78, 5) is 12.0. The molecule has 1 fully saturated rings. The smallest absolute Gasteiger partial charge is 0.243 e. The Morgan fingerprint density at radius 1 is 1.37 bits per heavy atom. The van der Waals surface area contributed by atoms with Gasteiger partial charge in [0.15, 0.2) is 5.78 Å². The molecule has 2 rings (SSSR count). The SMILES string of the molecule is CCC(=O)[C@@H]1CCCN1S(=O)(=O)c1ccc(Cl)cc1. The second kappa shape index (κ2) is 5.61. The van der Waals surface area contributed by atoms with Crippen LogP contribution in [0.15, 0.2) is 29.2 Å². The van der Waals surface area contributed by atoms with Crippen molar-refractivity contribution in [2.75, 3.05) is 6.54 Å². The van der Waals surface area contributed by atoms with Gasteiger partial charge in [0, 0.05) is 18.0 Å². The van der Waals surface area contributed by atoms with Crippen molar-refractivity contribution in [3.05, 3.63) is 29.3 Å². The van der Waals surface area contributed by atoms with Crippen molar-refractivity contribution in [1.29, 1.82) is 0 Å². The largest absolute Gasteiger partial charge is 0.298 e. The summed E-state index contributed by atoms with van der Waals surface area (Å²) in [6.07, 6.45) is 1.69. The number of hydrogen-bond acceptors (Lipinski definition) is 3. The van der Waals surface area contributed by atoms with E-state index in [2.05, 4.69) is 0 Å². The summed E-state index contributed by atoms with van der Waals surface area (Å²) in [5.41, 5.74) is 0. The van der Waals surface area contributed by atoms with Gasteiger partial charge in [-0.25, -0.2) is 8.42 Å². The van der Waals surface area contributed by atoms with Crippen LogP contribution in [-0.2, 0) is 14.8 Å². The summed E-state index contributed by atoms with van der Waals surface area (Å²) in [5.74, 6) is -0.0185. The number of Topliss-reactive ketones (excluding diaryl/α,β-unsaturated/α-hetero) is 1. The Labute approximate surface area is 118 Å². The highest BCUT2D eigenvalue weighted by molar-refractivity contribution is 7.89. The van der Waals surface area contributed by atoms with Crippen LogP contribution in [0.2, 0.25) is 5.02 Å². The second-order valence-electron chi connectivity index (χ2n) is 4.55. The van der Waals surface area contributed by atoms with E-state index in [0.29, 0.717) is 24.4 Å². The Morgan fingerprint density at radius 2 is 2.00 bits per heavy atom. The zero-order valence-corrected chi connectivity index (χ0v) is 12.2. The van der Waals surface area contributed by atoms with Crippen molar-refractivity contribution >= 4 is 27.4 Å². The van der Waals surface area contributed by atoms with E-state index < -0.39 is 16.1 Å². The molecule has 0 radical (unpaired) electrons. The summed E-state index contributed by atoms with van der Waals surface area (Å²) >= 11 is 5.76. The molecular formula is C13H16ClNO3S. The minimum Gasteiger partial charge on any atom is -0.298 e. The van der Waals surface area contributed by atoms with Gasteiger partial charge in [-0.05, 0) is 37.1 Å². The summed E-state index contributed by atoms with van der Waals surface area (Å²) in [7, 11) is -3.61. The first kappa shape index (κ1) is 14.5. The van der Waals surface area contributed by atoms with Gasteiger partial charge in [0.2, 0.25) is 10.0 Å². The first-order chi connectivity index (χ1) is 8.96. The van der Waals surface area contributed by atoms with E-state index in [1.165, 1.54) is 16.4 Å². The number of nitrogens with zero attached hydrogens (tertiary/aromatic N) is 1. The average Bonchev–Trinajstić information content (AvgIpc) is 2.88. The molecule has 0 saturated carbocycles. The van der Waals surface area contributed by atoms with Gasteiger partial charge in [0.1, 0.15) is 0 Å². The number of rotatable bonds is 4. The van der Waals surface area contributed by atoms with Gasteiger partial charge in [0.05, 0.1) is 10.9 Å². The highest BCUT2D eigenvalue weighted by Gasteiger charge is 2.38. The monoisotopic (exact) mass is 301 g/mol. The van der Waals surface area contributed by atoms with Gasteiger partial charge in [-0.15, -0.1) is 0 Å². The fraction of sp³-hybridized carbons (Fsp3) is 0.462. The molecule has 0 amide bonds. The molecule has 0 aromatic heterocycles. The van der Waals surface area contributed by atoms with E-state index in [0.717, 1.165) is 6.42 Å². The van der Waals surface area contributed by atoms with Gasteiger partial charge in [0.25, 0.3) is 0 Å². The number of carbonyl (C=O) groups is 1.